The van der Waals surface area contributed by atoms with E-state index in [4.69, 9.17) is 0 Å². The van der Waals surface area contributed by atoms with Gasteiger partial charge in [0.05, 0.1) is 17.6 Å². The predicted octanol–water partition coefficient (Wildman–Crippen LogP) is 0.656. The summed E-state index contributed by atoms with van der Waals surface area (Å²) in [4.78, 5) is 2.24. The Kier molecular flexibility index (Phi) is 4.10. The third-order valence-corrected chi connectivity index (χ3v) is 5.94. The van der Waals surface area contributed by atoms with Crippen LogP contribution in [0.3, 0.4) is 0 Å². The summed E-state index contributed by atoms with van der Waals surface area (Å²) < 4.78 is 23.0. The van der Waals surface area contributed by atoms with Crippen LogP contribution in [0.15, 0.2) is 0 Å². The molecule has 0 amide bonds. The van der Waals surface area contributed by atoms with Crippen molar-refractivity contribution in [1.82, 2.24) is 4.90 Å². The first-order valence-corrected chi connectivity index (χ1v) is 8.42. The Labute approximate surface area is 104 Å². The summed E-state index contributed by atoms with van der Waals surface area (Å²) in [6.07, 6.45) is 4.13. The Morgan fingerprint density at radius 2 is 2.00 bits per heavy atom. The van der Waals surface area contributed by atoms with Crippen LogP contribution in [0.5, 0.6) is 0 Å². The third kappa shape index (κ3) is 3.42. The van der Waals surface area contributed by atoms with E-state index in [1.54, 1.807) is 0 Å². The molecule has 5 heteroatoms. The molecule has 1 saturated carbocycles. The second kappa shape index (κ2) is 5.24. The number of rotatable bonds is 2. The molecule has 4 nitrogen and oxygen atoms in total. The monoisotopic (exact) mass is 261 g/mol. The summed E-state index contributed by atoms with van der Waals surface area (Å²) >= 11 is 0. The molecule has 0 bridgehead atoms. The fourth-order valence-electron chi connectivity index (χ4n) is 3.01. The normalized spacial score (nSPS) is 39.1. The zero-order valence-electron chi connectivity index (χ0n) is 10.5. The van der Waals surface area contributed by atoms with E-state index in [9.17, 15) is 13.5 Å². The average Bonchev–Trinajstić information content (AvgIpc) is 2.24. The van der Waals surface area contributed by atoms with Gasteiger partial charge in [0, 0.05) is 19.1 Å². The van der Waals surface area contributed by atoms with E-state index in [1.807, 2.05) is 6.92 Å². The maximum Gasteiger partial charge on any atom is 0.153 e. The van der Waals surface area contributed by atoms with Gasteiger partial charge in [-0.1, -0.05) is 12.8 Å². The van der Waals surface area contributed by atoms with E-state index in [0.717, 1.165) is 25.8 Å². The van der Waals surface area contributed by atoms with E-state index in [1.165, 1.54) is 6.42 Å². The number of hydrogen-bond donors (Lipinski definition) is 1. The lowest BCUT2D eigenvalue weighted by atomic mass is 9.86. The molecule has 0 radical (unpaired) electrons. The number of nitrogens with zero attached hydrogens (tertiary/aromatic N) is 1. The molecule has 0 spiro atoms. The molecule has 1 aliphatic carbocycles. The lowest BCUT2D eigenvalue weighted by Crippen LogP contribution is -2.50. The number of aliphatic hydroxyl groups excluding tert-OH is 1. The summed E-state index contributed by atoms with van der Waals surface area (Å²) in [5.74, 6) is 0.891. The molecule has 2 fully saturated rings. The van der Waals surface area contributed by atoms with Crippen LogP contribution in [-0.4, -0.2) is 55.2 Å². The highest BCUT2D eigenvalue weighted by Crippen LogP contribution is 2.26. The van der Waals surface area contributed by atoms with Crippen LogP contribution in [0.4, 0.5) is 0 Å². The third-order valence-electron chi connectivity index (χ3n) is 4.15. The predicted molar refractivity (Wildman–Crippen MR) is 67.7 cm³/mol. The zero-order chi connectivity index (χ0) is 12.5. The number of aliphatic hydroxyl groups is 1. The quantitative estimate of drug-likeness (QED) is 0.793. The maximum absolute atomic E-state index is 11.5. The highest BCUT2D eigenvalue weighted by Gasteiger charge is 2.32. The van der Waals surface area contributed by atoms with Crippen LogP contribution in [0.1, 0.15) is 32.6 Å². The Balaban J connectivity index is 1.91. The minimum absolute atomic E-state index is 0.0999. The Morgan fingerprint density at radius 1 is 1.29 bits per heavy atom. The van der Waals surface area contributed by atoms with Crippen molar-refractivity contribution in [2.75, 3.05) is 24.6 Å². The van der Waals surface area contributed by atoms with Gasteiger partial charge in [0.15, 0.2) is 9.84 Å². The van der Waals surface area contributed by atoms with Crippen molar-refractivity contribution >= 4 is 9.84 Å². The van der Waals surface area contributed by atoms with Crippen molar-refractivity contribution in [3.05, 3.63) is 0 Å². The van der Waals surface area contributed by atoms with E-state index >= 15 is 0 Å². The zero-order valence-corrected chi connectivity index (χ0v) is 11.3. The van der Waals surface area contributed by atoms with Crippen LogP contribution < -0.4 is 0 Å². The first kappa shape index (κ1) is 13.3. The van der Waals surface area contributed by atoms with Gasteiger partial charge in [-0.2, -0.15) is 0 Å². The Hall–Kier alpha value is -0.130. The van der Waals surface area contributed by atoms with Gasteiger partial charge in [-0.25, -0.2) is 8.42 Å². The fraction of sp³-hybridized carbons (Fsp3) is 1.00. The average molecular weight is 261 g/mol. The Morgan fingerprint density at radius 3 is 2.65 bits per heavy atom. The van der Waals surface area contributed by atoms with Gasteiger partial charge < -0.3 is 5.11 Å². The SMILES string of the molecule is CC1CS(=O)(=O)CCN1CC1CCCCC1O. The van der Waals surface area contributed by atoms with E-state index in [2.05, 4.69) is 4.90 Å². The highest BCUT2D eigenvalue weighted by atomic mass is 32.2. The van der Waals surface area contributed by atoms with Gasteiger partial charge in [-0.05, 0) is 25.7 Å². The van der Waals surface area contributed by atoms with Crippen LogP contribution in [0, 0.1) is 5.92 Å². The molecule has 1 heterocycles. The van der Waals surface area contributed by atoms with Crippen molar-refractivity contribution in [2.24, 2.45) is 5.92 Å². The van der Waals surface area contributed by atoms with Gasteiger partial charge in [-0.3, -0.25) is 4.90 Å². The second-order valence-corrected chi connectivity index (χ2v) is 7.80. The first-order chi connectivity index (χ1) is 7.98. The van der Waals surface area contributed by atoms with Gasteiger partial charge in [0.1, 0.15) is 0 Å². The van der Waals surface area contributed by atoms with Gasteiger partial charge in [0.25, 0.3) is 0 Å². The summed E-state index contributed by atoms with van der Waals surface area (Å²) in [7, 11) is -2.82. The van der Waals surface area contributed by atoms with Crippen LogP contribution in [0.25, 0.3) is 0 Å². The highest BCUT2D eigenvalue weighted by molar-refractivity contribution is 7.91. The molecule has 1 aliphatic heterocycles. The molecule has 100 valence electrons. The van der Waals surface area contributed by atoms with Crippen LogP contribution >= 0.6 is 0 Å². The minimum Gasteiger partial charge on any atom is -0.393 e. The van der Waals surface area contributed by atoms with Gasteiger partial charge >= 0.3 is 0 Å². The fourth-order valence-corrected chi connectivity index (χ4v) is 4.63. The number of hydrogen-bond acceptors (Lipinski definition) is 4. The standard InChI is InChI=1S/C12H23NO3S/c1-10-9-17(15,16)7-6-13(10)8-11-4-2-3-5-12(11)14/h10-12,14H,2-9H2,1H3. The lowest BCUT2D eigenvalue weighted by Gasteiger charge is -2.38. The smallest absolute Gasteiger partial charge is 0.153 e. The first-order valence-electron chi connectivity index (χ1n) is 6.60. The van der Waals surface area contributed by atoms with Crippen molar-refractivity contribution in [2.45, 2.75) is 44.8 Å². The lowest BCUT2D eigenvalue weighted by molar-refractivity contribution is 0.0405. The van der Waals surface area contributed by atoms with E-state index < -0.39 is 9.84 Å². The van der Waals surface area contributed by atoms with Crippen LogP contribution in [0.2, 0.25) is 0 Å². The van der Waals surface area contributed by atoms with Crippen LogP contribution in [-0.2, 0) is 9.84 Å². The molecule has 0 aromatic carbocycles. The molecule has 3 unspecified atom stereocenters. The van der Waals surface area contributed by atoms with Crippen molar-refractivity contribution in [1.29, 1.82) is 0 Å². The summed E-state index contributed by atoms with van der Waals surface area (Å²) in [6, 6.07) is 0.0999. The van der Waals surface area contributed by atoms with E-state index in [0.29, 0.717) is 12.5 Å². The Bertz CT molecular complexity index is 355. The van der Waals surface area contributed by atoms with Gasteiger partial charge in [-0.15, -0.1) is 0 Å². The molecule has 17 heavy (non-hydrogen) atoms. The van der Waals surface area contributed by atoms with Crippen molar-refractivity contribution in [3.8, 4) is 0 Å². The van der Waals surface area contributed by atoms with Crippen molar-refractivity contribution < 1.29 is 13.5 Å². The molecular weight excluding hydrogens is 238 g/mol. The molecule has 0 aromatic heterocycles. The summed E-state index contributed by atoms with van der Waals surface area (Å²) in [5.41, 5.74) is 0. The maximum atomic E-state index is 11.5. The molecular formula is C12H23NO3S. The summed E-state index contributed by atoms with van der Waals surface area (Å²) in [5, 5.41) is 9.94. The molecule has 1 N–H and O–H groups in total. The molecule has 1 saturated heterocycles. The van der Waals surface area contributed by atoms with E-state index in [-0.39, 0.29) is 23.7 Å². The number of sulfone groups is 1. The summed E-state index contributed by atoms with van der Waals surface area (Å²) in [6.45, 7) is 3.47. The molecule has 0 aromatic rings. The largest absolute Gasteiger partial charge is 0.393 e. The van der Waals surface area contributed by atoms with Gasteiger partial charge in [0.2, 0.25) is 0 Å². The topological polar surface area (TPSA) is 57.6 Å². The molecule has 3 atom stereocenters. The second-order valence-electron chi connectivity index (χ2n) is 5.57. The minimum atomic E-state index is -2.82. The molecule has 2 aliphatic rings. The van der Waals surface area contributed by atoms with Crippen molar-refractivity contribution in [3.63, 3.8) is 0 Å². The molecule has 2 rings (SSSR count).